The molecule has 1 aromatic carbocycles. The Morgan fingerprint density at radius 3 is 2.32 bits per heavy atom. The van der Waals surface area contributed by atoms with Crippen LogP contribution < -0.4 is 0 Å². The first-order valence-corrected chi connectivity index (χ1v) is 12.7. The van der Waals surface area contributed by atoms with Crippen LogP contribution in [0.25, 0.3) is 5.73 Å². The van der Waals surface area contributed by atoms with Gasteiger partial charge in [0.25, 0.3) is 0 Å². The van der Waals surface area contributed by atoms with E-state index in [9.17, 15) is 13.0 Å². The minimum atomic E-state index is -1.15. The molecule has 5 rings (SSSR count). The van der Waals surface area contributed by atoms with Crippen molar-refractivity contribution in [1.29, 1.82) is 0 Å². The number of H-pyrrole nitrogens is 1. The van der Waals surface area contributed by atoms with Crippen molar-refractivity contribution < 1.29 is 49.2 Å². The van der Waals surface area contributed by atoms with Gasteiger partial charge >= 0.3 is 0 Å². The Labute approximate surface area is 235 Å². The van der Waals surface area contributed by atoms with Gasteiger partial charge in [-0.3, -0.25) is 5.10 Å². The van der Waals surface area contributed by atoms with E-state index >= 15 is 0 Å². The molecule has 2 atom stereocenters. The first-order chi connectivity index (χ1) is 15.7. The second-order valence-electron chi connectivity index (χ2n) is 8.70. The van der Waals surface area contributed by atoms with E-state index in [4.69, 9.17) is 34.0 Å². The monoisotopic (exact) mass is 759 g/mol. The molecule has 0 amide bonds. The predicted molar refractivity (Wildman–Crippen MR) is 127 cm³/mol. The fraction of sp³-hybridized carbons (Fsp3) is 0.591. The van der Waals surface area contributed by atoms with Crippen LogP contribution in [0.1, 0.15) is 56.6 Å². The van der Waals surface area contributed by atoms with Gasteiger partial charge < -0.3 is 10.8 Å². The molecular weight excluding hydrogens is 731 g/mol. The van der Waals surface area contributed by atoms with E-state index in [0.717, 1.165) is 37.9 Å². The molecule has 0 radical (unpaired) electrons. The van der Waals surface area contributed by atoms with Crippen molar-refractivity contribution in [3.8, 4) is 0 Å². The number of aromatic nitrogens is 2. The number of aliphatic hydroxyl groups excluding tert-OH is 1. The molecule has 3 fully saturated rings. The third kappa shape index (κ3) is 6.44. The van der Waals surface area contributed by atoms with Crippen LogP contribution in [-0.2, 0) is 11.0 Å². The molecule has 1 saturated heterocycles. The van der Waals surface area contributed by atoms with Crippen molar-refractivity contribution in [3.05, 3.63) is 51.7 Å². The first-order valence-electron chi connectivity index (χ1n) is 10.9. The quantitative estimate of drug-likeness (QED) is 0.373. The molecule has 2 saturated carbocycles. The maximum atomic E-state index is 14.2. The molecule has 1 aliphatic heterocycles. The van der Waals surface area contributed by atoms with Crippen LogP contribution in [0.15, 0.2) is 29.4 Å². The summed E-state index contributed by atoms with van der Waals surface area (Å²) in [4.78, 5) is 0.775. The molecular formula is C22H29Cl2F2N4O2SU-. The van der Waals surface area contributed by atoms with Crippen molar-refractivity contribution in [3.63, 3.8) is 0 Å². The number of aromatic amines is 1. The number of halogens is 4. The van der Waals surface area contributed by atoms with Gasteiger partial charge in [0.05, 0.1) is 21.1 Å². The molecule has 34 heavy (non-hydrogen) atoms. The van der Waals surface area contributed by atoms with Gasteiger partial charge in [0.1, 0.15) is 22.5 Å². The van der Waals surface area contributed by atoms with E-state index in [0.29, 0.717) is 32.1 Å². The summed E-state index contributed by atoms with van der Waals surface area (Å²) >= 11 is 12.0. The van der Waals surface area contributed by atoms with Gasteiger partial charge in [-0.25, -0.2) is 17.3 Å². The van der Waals surface area contributed by atoms with Gasteiger partial charge in [-0.15, -0.1) is 6.04 Å². The molecule has 1 aromatic heterocycles. The molecule has 0 spiro atoms. The fourth-order valence-corrected chi connectivity index (χ4v) is 6.63. The standard InChI is InChI=1S/C14H14Cl2F2N.C7H11N3OS.CH4O.U/c15-8-1-2-9(17)10(11(8)16)12(19)13-3-5-14(18,7-13)6-4-13;11-12(7-5-8-9-6-7)10-3-1-2-4-10;1-2;/h1-2,12,19H,3-7H2;5-6H,1-4H2,(H,8,9);2H,1H3;/q-1;;;. The van der Waals surface area contributed by atoms with Crippen molar-refractivity contribution in [2.75, 3.05) is 20.2 Å². The van der Waals surface area contributed by atoms with Crippen LogP contribution in [0.4, 0.5) is 8.78 Å². The summed E-state index contributed by atoms with van der Waals surface area (Å²) in [5.74, 6) is -0.521. The number of benzene rings is 1. The van der Waals surface area contributed by atoms with Gasteiger partial charge in [0.15, 0.2) is 0 Å². The molecule has 12 heteroatoms. The number of hydrogen-bond acceptors (Lipinski definition) is 3. The number of nitrogens with zero attached hydrogens (tertiary/aromatic N) is 2. The van der Waals surface area contributed by atoms with Crippen molar-refractivity contribution >= 4 is 34.2 Å². The third-order valence-electron chi connectivity index (χ3n) is 6.77. The Balaban J connectivity index is 0.000000236. The predicted octanol–water partition coefficient (Wildman–Crippen LogP) is 6.03. The minimum absolute atomic E-state index is 0. The van der Waals surface area contributed by atoms with Crippen molar-refractivity contribution in [1.82, 2.24) is 14.5 Å². The normalized spacial score (nSPS) is 27.1. The minimum Gasteiger partial charge on any atom is -0.670 e. The Kier molecular flexibility index (Phi) is 11.5. The number of fused-ring (bicyclic) bond motifs is 2. The van der Waals surface area contributed by atoms with Gasteiger partial charge in [0.2, 0.25) is 0 Å². The van der Waals surface area contributed by atoms with Crippen molar-refractivity contribution in [2.45, 2.75) is 61.6 Å². The maximum absolute atomic E-state index is 14.2. The van der Waals surface area contributed by atoms with Crippen molar-refractivity contribution in [2.24, 2.45) is 5.41 Å². The topological polar surface area (TPSA) is 93.0 Å². The average molecular weight is 760 g/mol. The maximum Gasteiger partial charge on any atom is 0.130 e. The fourth-order valence-electron chi connectivity index (χ4n) is 5.02. The van der Waals surface area contributed by atoms with Gasteiger partial charge in [0, 0.05) is 57.5 Å². The summed E-state index contributed by atoms with van der Waals surface area (Å²) in [5, 5.41) is 13.8. The van der Waals surface area contributed by atoms with E-state index < -0.39 is 33.9 Å². The van der Waals surface area contributed by atoms with Gasteiger partial charge in [-0.1, -0.05) is 23.2 Å². The van der Waals surface area contributed by atoms with Crippen LogP contribution in [-0.4, -0.2) is 49.7 Å². The summed E-state index contributed by atoms with van der Waals surface area (Å²) in [6.45, 7) is 1.88. The average Bonchev–Trinajstić information content (AvgIpc) is 3.62. The van der Waals surface area contributed by atoms with Crippen LogP contribution in [0.3, 0.4) is 0 Å². The zero-order chi connectivity index (χ0) is 24.2. The van der Waals surface area contributed by atoms with Crippen LogP contribution in [0.5, 0.6) is 0 Å². The van der Waals surface area contributed by atoms with Gasteiger partial charge in [-0.2, -0.15) is 5.10 Å². The zero-order valence-electron chi connectivity index (χ0n) is 18.9. The molecule has 188 valence electrons. The van der Waals surface area contributed by atoms with E-state index in [1.54, 1.807) is 12.4 Å². The van der Waals surface area contributed by atoms with E-state index in [1.165, 1.54) is 12.1 Å². The largest absolute Gasteiger partial charge is 0.670 e. The summed E-state index contributed by atoms with van der Waals surface area (Å²) in [6, 6.07) is 1.77. The Morgan fingerprint density at radius 1 is 1.21 bits per heavy atom. The van der Waals surface area contributed by atoms with E-state index in [-0.39, 0.29) is 46.7 Å². The number of rotatable bonds is 4. The SMILES string of the molecule is CO.O=S(c1cn[nH]c1)N1CCCC1.[NH-]C(c1c(F)ccc(Cl)c1Cl)C12CCC(F)(CC1)C2.[U]. The molecule has 6 nitrogen and oxygen atoms in total. The van der Waals surface area contributed by atoms with Gasteiger partial charge in [-0.05, 0) is 68.1 Å². The smallest absolute Gasteiger partial charge is 0.130 e. The van der Waals surface area contributed by atoms with E-state index in [2.05, 4.69) is 10.2 Å². The molecule has 2 heterocycles. The first kappa shape index (κ1) is 30.2. The molecule has 2 bridgehead atoms. The third-order valence-corrected chi connectivity index (χ3v) is 9.05. The molecule has 3 N–H and O–H groups in total. The van der Waals surface area contributed by atoms with Crippen LogP contribution in [0, 0.1) is 42.3 Å². The molecule has 3 aliphatic rings. The van der Waals surface area contributed by atoms with E-state index in [1.807, 2.05) is 4.31 Å². The summed E-state index contributed by atoms with van der Waals surface area (Å²) in [7, 11) is 0.0120. The number of aliphatic hydroxyl groups is 1. The molecule has 2 aromatic rings. The summed E-state index contributed by atoms with van der Waals surface area (Å²) in [6.07, 6.45) is 8.16. The van der Waals surface area contributed by atoms with Crippen LogP contribution >= 0.6 is 23.2 Å². The molecule has 2 aliphatic carbocycles. The molecule has 2 unspecified atom stereocenters. The summed E-state index contributed by atoms with van der Waals surface area (Å²) < 4.78 is 41.9. The Bertz CT molecular complexity index is 957. The second kappa shape index (κ2) is 13.0. The Morgan fingerprint density at radius 2 is 1.82 bits per heavy atom. The Hall–Kier alpha value is -0.0481. The second-order valence-corrected chi connectivity index (χ2v) is 11.0. The summed E-state index contributed by atoms with van der Waals surface area (Å²) in [5.41, 5.74) is 6.89. The zero-order valence-corrected chi connectivity index (χ0v) is 25.4. The number of hydrogen-bond donors (Lipinski definition) is 2. The number of alkyl halides is 1. The van der Waals surface area contributed by atoms with Crippen LogP contribution in [0.2, 0.25) is 10.0 Å². The number of nitrogens with one attached hydrogen (secondary N) is 2.